The first-order valence-electron chi connectivity index (χ1n) is 8.60. The fraction of sp³-hybridized carbons (Fsp3) is 0.750. The van der Waals surface area contributed by atoms with Crippen molar-refractivity contribution < 1.29 is 4.79 Å². The zero-order valence-electron chi connectivity index (χ0n) is 14.0. The van der Waals surface area contributed by atoms with E-state index in [0.717, 1.165) is 68.2 Å². The van der Waals surface area contributed by atoms with Gasteiger partial charge in [0.15, 0.2) is 0 Å². The average Bonchev–Trinajstić information content (AvgIpc) is 3.10. The van der Waals surface area contributed by atoms with Crippen LogP contribution in [0.15, 0.2) is 0 Å². The molecule has 7 heteroatoms. The van der Waals surface area contributed by atoms with E-state index >= 15 is 0 Å². The van der Waals surface area contributed by atoms with Gasteiger partial charge in [0.05, 0.1) is 11.4 Å². The molecule has 0 saturated carbocycles. The van der Waals surface area contributed by atoms with Gasteiger partial charge in [-0.15, -0.1) is 5.10 Å². The van der Waals surface area contributed by atoms with Crippen LogP contribution >= 0.6 is 11.8 Å². The third-order valence-corrected chi connectivity index (χ3v) is 5.56. The van der Waals surface area contributed by atoms with Crippen LogP contribution in [0.25, 0.3) is 0 Å². The van der Waals surface area contributed by atoms with Gasteiger partial charge in [0.1, 0.15) is 6.04 Å². The average molecular weight is 335 g/mol. The summed E-state index contributed by atoms with van der Waals surface area (Å²) in [5.41, 5.74) is 1.97. The maximum absolute atomic E-state index is 12.9. The fourth-order valence-electron chi connectivity index (χ4n) is 3.31. The topological polar surface area (TPSA) is 62.2 Å². The van der Waals surface area contributed by atoms with Crippen molar-refractivity contribution in [2.45, 2.75) is 45.6 Å². The van der Waals surface area contributed by atoms with Gasteiger partial charge in [0.25, 0.3) is 0 Å². The Balaban J connectivity index is 1.79. The number of nitrogens with zero attached hydrogens (tertiary/aromatic N) is 5. The number of hydrogen-bond acceptors (Lipinski definition) is 6. The molecule has 1 atom stereocenters. The van der Waals surface area contributed by atoms with Gasteiger partial charge in [-0.1, -0.05) is 13.8 Å². The maximum atomic E-state index is 12.9. The first-order chi connectivity index (χ1) is 11.2. The van der Waals surface area contributed by atoms with Crippen LogP contribution in [0, 0.1) is 0 Å². The molecule has 6 nitrogen and oxygen atoms in total. The summed E-state index contributed by atoms with van der Waals surface area (Å²) in [6.07, 6.45) is 3.60. The third-order valence-electron chi connectivity index (χ3n) is 4.62. The molecule has 0 bridgehead atoms. The maximum Gasteiger partial charge on any atom is 0.246 e. The van der Waals surface area contributed by atoms with Gasteiger partial charge in [0.2, 0.25) is 11.9 Å². The van der Waals surface area contributed by atoms with Crippen molar-refractivity contribution in [1.82, 2.24) is 20.1 Å². The normalized spacial score (nSPS) is 21.7. The Morgan fingerprint density at radius 3 is 2.57 bits per heavy atom. The van der Waals surface area contributed by atoms with Crippen LogP contribution in [0.1, 0.15) is 38.1 Å². The van der Waals surface area contributed by atoms with Gasteiger partial charge in [-0.25, -0.2) is 4.98 Å². The van der Waals surface area contributed by atoms with Crippen LogP contribution in [0.3, 0.4) is 0 Å². The van der Waals surface area contributed by atoms with Crippen LogP contribution in [-0.4, -0.2) is 63.2 Å². The minimum Gasteiger partial charge on any atom is -0.339 e. The van der Waals surface area contributed by atoms with Crippen molar-refractivity contribution in [3.8, 4) is 0 Å². The molecule has 2 saturated heterocycles. The third kappa shape index (κ3) is 3.44. The van der Waals surface area contributed by atoms with Crippen molar-refractivity contribution >= 4 is 23.6 Å². The highest BCUT2D eigenvalue weighted by Crippen LogP contribution is 2.25. The molecule has 0 spiro atoms. The molecule has 1 amide bonds. The minimum atomic E-state index is -0.114. The summed E-state index contributed by atoms with van der Waals surface area (Å²) < 4.78 is 0. The molecule has 23 heavy (non-hydrogen) atoms. The second-order valence-corrected chi connectivity index (χ2v) is 7.23. The Hall–Kier alpha value is -1.37. The number of thioether (sulfide) groups is 1. The van der Waals surface area contributed by atoms with Crippen molar-refractivity contribution in [3.63, 3.8) is 0 Å². The molecule has 0 N–H and O–H groups in total. The zero-order valence-corrected chi connectivity index (χ0v) is 14.8. The first kappa shape index (κ1) is 16.5. The van der Waals surface area contributed by atoms with E-state index in [-0.39, 0.29) is 11.9 Å². The SMILES string of the molecule is CCc1nnc(N2CCCC2C(=O)N2CCSCC2)nc1CC. The van der Waals surface area contributed by atoms with Crippen molar-refractivity contribution in [1.29, 1.82) is 0 Å². The molecule has 2 aliphatic rings. The predicted molar refractivity (Wildman–Crippen MR) is 92.9 cm³/mol. The molecule has 2 aliphatic heterocycles. The predicted octanol–water partition coefficient (Wildman–Crippen LogP) is 1.54. The standard InChI is InChI=1S/C16H25N5OS/c1-3-12-13(4-2)18-19-16(17-12)21-7-5-6-14(21)15(22)20-8-10-23-11-9-20/h14H,3-11H2,1-2H3. The summed E-state index contributed by atoms with van der Waals surface area (Å²) in [5.74, 6) is 2.95. The molecule has 0 radical (unpaired) electrons. The van der Waals surface area contributed by atoms with E-state index in [4.69, 9.17) is 4.98 Å². The summed E-state index contributed by atoms with van der Waals surface area (Å²) in [4.78, 5) is 21.6. The highest BCUT2D eigenvalue weighted by atomic mass is 32.2. The fourth-order valence-corrected chi connectivity index (χ4v) is 4.21. The Morgan fingerprint density at radius 2 is 1.87 bits per heavy atom. The summed E-state index contributed by atoms with van der Waals surface area (Å²) >= 11 is 1.92. The van der Waals surface area contributed by atoms with Crippen LogP contribution < -0.4 is 4.90 Å². The lowest BCUT2D eigenvalue weighted by atomic mass is 10.2. The van der Waals surface area contributed by atoms with Gasteiger partial charge in [0, 0.05) is 31.1 Å². The molecule has 1 unspecified atom stereocenters. The lowest BCUT2D eigenvalue weighted by Crippen LogP contribution is -2.49. The van der Waals surface area contributed by atoms with E-state index in [1.54, 1.807) is 0 Å². The number of anilines is 1. The van der Waals surface area contributed by atoms with E-state index in [0.29, 0.717) is 5.95 Å². The number of aryl methyl sites for hydroxylation is 2. The summed E-state index contributed by atoms with van der Waals surface area (Å²) in [6.45, 7) is 6.73. The largest absolute Gasteiger partial charge is 0.339 e. The van der Waals surface area contributed by atoms with Crippen LogP contribution in [0.2, 0.25) is 0 Å². The number of rotatable bonds is 4. The van der Waals surface area contributed by atoms with Gasteiger partial charge < -0.3 is 9.80 Å². The second-order valence-electron chi connectivity index (χ2n) is 6.00. The summed E-state index contributed by atoms with van der Waals surface area (Å²) in [6, 6.07) is -0.114. The van der Waals surface area contributed by atoms with Crippen molar-refractivity contribution in [2.24, 2.45) is 0 Å². The van der Waals surface area contributed by atoms with Crippen LogP contribution in [0.4, 0.5) is 5.95 Å². The van der Waals surface area contributed by atoms with E-state index in [2.05, 4.69) is 28.9 Å². The number of amides is 1. The van der Waals surface area contributed by atoms with E-state index in [1.807, 2.05) is 16.7 Å². The molecular formula is C16H25N5OS. The highest BCUT2D eigenvalue weighted by Gasteiger charge is 2.36. The van der Waals surface area contributed by atoms with Crippen molar-refractivity contribution in [3.05, 3.63) is 11.4 Å². The number of aromatic nitrogens is 3. The number of carbonyl (C=O) groups excluding carboxylic acids is 1. The zero-order chi connectivity index (χ0) is 16.2. The van der Waals surface area contributed by atoms with E-state index in [1.165, 1.54) is 0 Å². The molecule has 3 rings (SSSR count). The van der Waals surface area contributed by atoms with Gasteiger partial charge in [-0.3, -0.25) is 4.79 Å². The molecule has 1 aromatic heterocycles. The highest BCUT2D eigenvalue weighted by molar-refractivity contribution is 7.99. The molecule has 126 valence electrons. The minimum absolute atomic E-state index is 0.114. The van der Waals surface area contributed by atoms with E-state index in [9.17, 15) is 4.79 Å². The van der Waals surface area contributed by atoms with Gasteiger partial charge in [-0.05, 0) is 25.7 Å². The van der Waals surface area contributed by atoms with E-state index < -0.39 is 0 Å². The van der Waals surface area contributed by atoms with Gasteiger partial charge in [-0.2, -0.15) is 16.9 Å². The second kappa shape index (κ2) is 7.47. The Labute approximate surface area is 142 Å². The molecule has 0 aromatic carbocycles. The number of carbonyl (C=O) groups is 1. The lowest BCUT2D eigenvalue weighted by Gasteiger charge is -2.32. The number of hydrogen-bond donors (Lipinski definition) is 0. The van der Waals surface area contributed by atoms with Crippen LogP contribution in [-0.2, 0) is 17.6 Å². The molecule has 0 aliphatic carbocycles. The Bertz CT molecular complexity index is 561. The molecule has 3 heterocycles. The smallest absolute Gasteiger partial charge is 0.246 e. The quantitative estimate of drug-likeness (QED) is 0.832. The molecular weight excluding hydrogens is 310 g/mol. The summed E-state index contributed by atoms with van der Waals surface area (Å²) in [5, 5.41) is 8.64. The monoisotopic (exact) mass is 335 g/mol. The Morgan fingerprint density at radius 1 is 1.13 bits per heavy atom. The molecule has 1 aromatic rings. The summed E-state index contributed by atoms with van der Waals surface area (Å²) in [7, 11) is 0. The van der Waals surface area contributed by atoms with Gasteiger partial charge >= 0.3 is 0 Å². The van der Waals surface area contributed by atoms with Crippen LogP contribution in [0.5, 0.6) is 0 Å². The lowest BCUT2D eigenvalue weighted by molar-refractivity contribution is -0.132. The Kier molecular flexibility index (Phi) is 5.35. The molecule has 2 fully saturated rings. The van der Waals surface area contributed by atoms with Crippen molar-refractivity contribution in [2.75, 3.05) is 36.0 Å². The first-order valence-corrected chi connectivity index (χ1v) is 9.75.